The van der Waals surface area contributed by atoms with E-state index in [1.54, 1.807) is 20.9 Å². The number of amides is 1. The summed E-state index contributed by atoms with van der Waals surface area (Å²) in [6.45, 7) is 4.12. The van der Waals surface area contributed by atoms with Crippen LogP contribution in [0.2, 0.25) is 0 Å². The van der Waals surface area contributed by atoms with Crippen LogP contribution in [0.3, 0.4) is 0 Å². The number of nitrogens with zero attached hydrogens (tertiary/aromatic N) is 1. The minimum atomic E-state index is -0.466. The van der Waals surface area contributed by atoms with Gasteiger partial charge in [0.1, 0.15) is 0 Å². The second-order valence-electron chi connectivity index (χ2n) is 3.37. The summed E-state index contributed by atoms with van der Waals surface area (Å²) in [5.41, 5.74) is -0.466. The zero-order chi connectivity index (χ0) is 7.94. The van der Waals surface area contributed by atoms with Gasteiger partial charge in [0.05, 0.1) is 5.41 Å². The van der Waals surface area contributed by atoms with Gasteiger partial charge in [-0.25, -0.2) is 0 Å². The topological polar surface area (TPSA) is 37.4 Å². The van der Waals surface area contributed by atoms with E-state index in [2.05, 4.69) is 0 Å². The van der Waals surface area contributed by atoms with Crippen molar-refractivity contribution in [3.05, 3.63) is 0 Å². The van der Waals surface area contributed by atoms with E-state index in [4.69, 9.17) is 0 Å². The normalized spacial score (nSPS) is 24.1. The molecule has 0 aliphatic carbocycles. The van der Waals surface area contributed by atoms with Crippen molar-refractivity contribution in [3.63, 3.8) is 0 Å². The summed E-state index contributed by atoms with van der Waals surface area (Å²) in [6.07, 6.45) is 0. The largest absolute Gasteiger partial charge is 0.338 e. The van der Waals surface area contributed by atoms with Crippen LogP contribution in [0.25, 0.3) is 0 Å². The maximum Gasteiger partial charge on any atom is 0.290 e. The molecule has 1 heterocycles. The zero-order valence-electron chi connectivity index (χ0n) is 6.47. The van der Waals surface area contributed by atoms with Crippen LogP contribution in [0, 0.1) is 5.41 Å². The standard InChI is InChI=1S/C7H11NO2/c1-7(2)4-8(3)6(10)5(7)9/h4H2,1-3H3. The molecule has 1 rings (SSSR count). The molecule has 1 aliphatic rings. The van der Waals surface area contributed by atoms with Crippen LogP contribution in [0.15, 0.2) is 0 Å². The maximum absolute atomic E-state index is 11.0. The molecular weight excluding hydrogens is 130 g/mol. The van der Waals surface area contributed by atoms with Crippen LogP contribution < -0.4 is 0 Å². The molecule has 0 saturated carbocycles. The highest BCUT2D eigenvalue weighted by molar-refractivity contribution is 6.39. The van der Waals surface area contributed by atoms with Gasteiger partial charge in [-0.3, -0.25) is 9.59 Å². The van der Waals surface area contributed by atoms with Gasteiger partial charge in [0.25, 0.3) is 5.91 Å². The van der Waals surface area contributed by atoms with E-state index in [0.717, 1.165) is 0 Å². The lowest BCUT2D eigenvalue weighted by molar-refractivity contribution is -0.141. The van der Waals surface area contributed by atoms with Crippen LogP contribution >= 0.6 is 0 Å². The molecule has 0 spiro atoms. The van der Waals surface area contributed by atoms with Gasteiger partial charge in [-0.05, 0) is 0 Å². The Labute approximate surface area is 60.0 Å². The van der Waals surface area contributed by atoms with E-state index in [0.29, 0.717) is 6.54 Å². The molecule has 10 heavy (non-hydrogen) atoms. The molecule has 0 aromatic rings. The average Bonchev–Trinajstić information content (AvgIpc) is 1.95. The molecule has 0 aromatic carbocycles. The second-order valence-corrected chi connectivity index (χ2v) is 3.37. The first kappa shape index (κ1) is 7.25. The van der Waals surface area contributed by atoms with Crippen molar-refractivity contribution in [1.29, 1.82) is 0 Å². The van der Waals surface area contributed by atoms with Crippen molar-refractivity contribution in [1.82, 2.24) is 4.90 Å². The highest BCUT2D eigenvalue weighted by Gasteiger charge is 2.42. The first-order chi connectivity index (χ1) is 4.45. The van der Waals surface area contributed by atoms with Crippen LogP contribution in [0.1, 0.15) is 13.8 Å². The molecule has 3 heteroatoms. The summed E-state index contributed by atoms with van der Waals surface area (Å²) in [5, 5.41) is 0. The number of ketones is 1. The van der Waals surface area contributed by atoms with E-state index < -0.39 is 5.41 Å². The molecule has 0 aromatic heterocycles. The van der Waals surface area contributed by atoms with Gasteiger partial charge in [-0.15, -0.1) is 0 Å². The summed E-state index contributed by atoms with van der Waals surface area (Å²) in [7, 11) is 1.65. The summed E-state index contributed by atoms with van der Waals surface area (Å²) < 4.78 is 0. The monoisotopic (exact) mass is 141 g/mol. The second kappa shape index (κ2) is 1.81. The lowest BCUT2D eigenvalue weighted by Crippen LogP contribution is -2.23. The summed E-state index contributed by atoms with van der Waals surface area (Å²) in [4.78, 5) is 23.4. The first-order valence-electron chi connectivity index (χ1n) is 3.25. The number of hydrogen-bond donors (Lipinski definition) is 0. The predicted molar refractivity (Wildman–Crippen MR) is 36.4 cm³/mol. The van der Waals surface area contributed by atoms with E-state index in [1.165, 1.54) is 4.90 Å². The molecule has 56 valence electrons. The van der Waals surface area contributed by atoms with Crippen molar-refractivity contribution in [2.24, 2.45) is 5.41 Å². The molecule has 0 bridgehead atoms. The van der Waals surface area contributed by atoms with Gasteiger partial charge in [0.15, 0.2) is 0 Å². The number of rotatable bonds is 0. The van der Waals surface area contributed by atoms with Crippen LogP contribution in [-0.4, -0.2) is 30.2 Å². The Morgan fingerprint density at radius 3 is 2.00 bits per heavy atom. The number of likely N-dealkylation sites (tertiary alicyclic amines) is 1. The minimum Gasteiger partial charge on any atom is -0.338 e. The van der Waals surface area contributed by atoms with E-state index in [9.17, 15) is 9.59 Å². The average molecular weight is 141 g/mol. The zero-order valence-corrected chi connectivity index (χ0v) is 6.47. The van der Waals surface area contributed by atoms with Gasteiger partial charge in [0, 0.05) is 13.6 Å². The van der Waals surface area contributed by atoms with Crippen LogP contribution in [0.5, 0.6) is 0 Å². The molecule has 3 nitrogen and oxygen atoms in total. The Hall–Kier alpha value is -0.860. The molecule has 0 unspecified atom stereocenters. The fraction of sp³-hybridized carbons (Fsp3) is 0.714. The van der Waals surface area contributed by atoms with E-state index in [-0.39, 0.29) is 11.7 Å². The Morgan fingerprint density at radius 2 is 1.90 bits per heavy atom. The van der Waals surface area contributed by atoms with Crippen molar-refractivity contribution in [2.45, 2.75) is 13.8 Å². The third-order valence-electron chi connectivity index (χ3n) is 1.79. The Morgan fingerprint density at radius 1 is 1.40 bits per heavy atom. The van der Waals surface area contributed by atoms with Gasteiger partial charge >= 0.3 is 0 Å². The highest BCUT2D eigenvalue weighted by atomic mass is 16.2. The molecule has 0 radical (unpaired) electrons. The van der Waals surface area contributed by atoms with Crippen LogP contribution in [0.4, 0.5) is 0 Å². The number of carbonyl (C=O) groups excluding carboxylic acids is 2. The molecule has 1 aliphatic heterocycles. The Bertz CT molecular complexity index is 196. The van der Waals surface area contributed by atoms with Gasteiger partial charge in [-0.2, -0.15) is 0 Å². The Balaban J connectivity index is 2.92. The molecule has 1 fully saturated rings. The fourth-order valence-corrected chi connectivity index (χ4v) is 1.20. The van der Waals surface area contributed by atoms with Crippen molar-refractivity contribution >= 4 is 11.7 Å². The molecule has 0 N–H and O–H groups in total. The quantitative estimate of drug-likeness (QED) is 0.447. The Kier molecular flexibility index (Phi) is 1.31. The molecule has 0 atom stereocenters. The number of hydrogen-bond acceptors (Lipinski definition) is 2. The first-order valence-corrected chi connectivity index (χ1v) is 3.25. The van der Waals surface area contributed by atoms with Crippen molar-refractivity contribution in [2.75, 3.05) is 13.6 Å². The van der Waals surface area contributed by atoms with Crippen molar-refractivity contribution < 1.29 is 9.59 Å². The van der Waals surface area contributed by atoms with Gasteiger partial charge < -0.3 is 4.90 Å². The van der Waals surface area contributed by atoms with E-state index in [1.807, 2.05) is 0 Å². The third-order valence-corrected chi connectivity index (χ3v) is 1.79. The van der Waals surface area contributed by atoms with E-state index >= 15 is 0 Å². The highest BCUT2D eigenvalue weighted by Crippen LogP contribution is 2.24. The van der Waals surface area contributed by atoms with Crippen LogP contribution in [-0.2, 0) is 9.59 Å². The molecule has 1 amide bonds. The summed E-state index contributed by atoms with van der Waals surface area (Å²) in [5.74, 6) is -0.625. The lowest BCUT2D eigenvalue weighted by atomic mass is 9.91. The number of carbonyl (C=O) groups is 2. The van der Waals surface area contributed by atoms with Crippen molar-refractivity contribution in [3.8, 4) is 0 Å². The summed E-state index contributed by atoms with van der Waals surface area (Å²) >= 11 is 0. The predicted octanol–water partition coefficient (Wildman–Crippen LogP) is 0.0537. The fourth-order valence-electron chi connectivity index (χ4n) is 1.20. The molecule has 1 saturated heterocycles. The van der Waals surface area contributed by atoms with Gasteiger partial charge in [-0.1, -0.05) is 13.8 Å². The lowest BCUT2D eigenvalue weighted by Gasteiger charge is -2.12. The SMILES string of the molecule is CN1CC(C)(C)C(=O)C1=O. The summed E-state index contributed by atoms with van der Waals surface area (Å²) in [6, 6.07) is 0. The third kappa shape index (κ3) is 0.818. The van der Waals surface area contributed by atoms with Gasteiger partial charge in [0.2, 0.25) is 5.78 Å². The number of Topliss-reactive ketones (excluding diaryl/α,β-unsaturated/α-hetero) is 1. The minimum absolute atomic E-state index is 0.269. The molecular formula is C7H11NO2. The maximum atomic E-state index is 11.0. The smallest absolute Gasteiger partial charge is 0.290 e. The number of likely N-dealkylation sites (N-methyl/N-ethyl adjacent to an activating group) is 1.